The SMILES string of the molecule is N#Cc1ccc(-c2nc(NC[C@H]3CCNC3)nc3ccc(-c4c(Cl)cccc4C(F)(F)F)cc23)cc1F. The van der Waals surface area contributed by atoms with Gasteiger partial charge in [0.25, 0.3) is 0 Å². The number of nitrogens with one attached hydrogen (secondary N) is 2. The van der Waals surface area contributed by atoms with Gasteiger partial charge in [-0.25, -0.2) is 14.4 Å². The molecule has 0 spiro atoms. The molecule has 5 rings (SSSR count). The Kier molecular flexibility index (Phi) is 6.71. The first-order chi connectivity index (χ1) is 17.7. The normalized spacial score (nSPS) is 15.6. The van der Waals surface area contributed by atoms with Crippen molar-refractivity contribution >= 4 is 28.5 Å². The highest BCUT2D eigenvalue weighted by atomic mass is 35.5. The molecule has 10 heteroatoms. The fraction of sp³-hybridized carbons (Fsp3) is 0.222. The van der Waals surface area contributed by atoms with Crippen molar-refractivity contribution in [1.82, 2.24) is 15.3 Å². The summed E-state index contributed by atoms with van der Waals surface area (Å²) in [5.74, 6) is -0.000879. The molecule has 0 unspecified atom stereocenters. The second-order valence-electron chi connectivity index (χ2n) is 8.83. The third-order valence-corrected chi connectivity index (χ3v) is 6.69. The summed E-state index contributed by atoms with van der Waals surface area (Å²) in [5, 5.41) is 16.0. The molecule has 0 saturated carbocycles. The molecule has 2 heterocycles. The summed E-state index contributed by atoms with van der Waals surface area (Å²) in [7, 11) is 0. The number of fused-ring (bicyclic) bond motifs is 1. The first-order valence-electron chi connectivity index (χ1n) is 11.6. The van der Waals surface area contributed by atoms with Crippen LogP contribution in [0.15, 0.2) is 54.6 Å². The van der Waals surface area contributed by atoms with Crippen LogP contribution in [-0.2, 0) is 6.18 Å². The minimum absolute atomic E-state index is 0.0514. The maximum atomic E-state index is 14.5. The molecular formula is C27H20ClF4N5. The molecule has 1 aliphatic rings. The molecule has 4 aromatic rings. The number of benzene rings is 3. The third-order valence-electron chi connectivity index (χ3n) is 6.38. The molecule has 5 nitrogen and oxygen atoms in total. The van der Waals surface area contributed by atoms with Gasteiger partial charge in [-0.15, -0.1) is 0 Å². The lowest BCUT2D eigenvalue weighted by Crippen LogP contribution is -2.18. The quantitative estimate of drug-likeness (QED) is 0.285. The van der Waals surface area contributed by atoms with Crippen LogP contribution in [0.5, 0.6) is 0 Å². The van der Waals surface area contributed by atoms with Crippen LogP contribution >= 0.6 is 11.6 Å². The van der Waals surface area contributed by atoms with Crippen LogP contribution < -0.4 is 10.6 Å². The molecule has 0 radical (unpaired) electrons. The van der Waals surface area contributed by atoms with Gasteiger partial charge in [-0.3, -0.25) is 0 Å². The van der Waals surface area contributed by atoms with Gasteiger partial charge in [-0.1, -0.05) is 29.8 Å². The molecule has 0 amide bonds. The van der Waals surface area contributed by atoms with E-state index in [-0.39, 0.29) is 21.7 Å². The number of rotatable bonds is 5. The summed E-state index contributed by atoms with van der Waals surface area (Å²) in [5.41, 5.74) is 0.222. The van der Waals surface area contributed by atoms with Crippen LogP contribution in [0.25, 0.3) is 33.3 Å². The molecule has 0 aliphatic carbocycles. The second kappa shape index (κ2) is 9.96. The Hall–Kier alpha value is -3.74. The Morgan fingerprint density at radius 1 is 1.08 bits per heavy atom. The largest absolute Gasteiger partial charge is 0.417 e. The van der Waals surface area contributed by atoms with Gasteiger partial charge in [-0.2, -0.15) is 18.4 Å². The van der Waals surface area contributed by atoms with Gasteiger partial charge in [-0.05, 0) is 67.4 Å². The van der Waals surface area contributed by atoms with Gasteiger partial charge in [0, 0.05) is 28.1 Å². The summed E-state index contributed by atoms with van der Waals surface area (Å²) >= 11 is 6.23. The molecule has 1 atom stereocenters. The molecule has 37 heavy (non-hydrogen) atoms. The molecule has 1 fully saturated rings. The molecule has 1 aliphatic heterocycles. The van der Waals surface area contributed by atoms with Gasteiger partial charge >= 0.3 is 6.18 Å². The van der Waals surface area contributed by atoms with E-state index in [0.29, 0.717) is 40.6 Å². The van der Waals surface area contributed by atoms with E-state index in [4.69, 9.17) is 16.9 Å². The van der Waals surface area contributed by atoms with Crippen molar-refractivity contribution in [3.63, 3.8) is 0 Å². The fourth-order valence-corrected chi connectivity index (χ4v) is 4.80. The van der Waals surface area contributed by atoms with Gasteiger partial charge in [0.1, 0.15) is 11.9 Å². The number of hydrogen-bond donors (Lipinski definition) is 2. The van der Waals surface area contributed by atoms with E-state index in [1.54, 1.807) is 18.2 Å². The highest BCUT2D eigenvalue weighted by Gasteiger charge is 2.34. The monoisotopic (exact) mass is 525 g/mol. The summed E-state index contributed by atoms with van der Waals surface area (Å²) in [4.78, 5) is 9.17. The number of nitrogens with zero attached hydrogens (tertiary/aromatic N) is 3. The average molecular weight is 526 g/mol. The summed E-state index contributed by atoms with van der Waals surface area (Å²) in [6.07, 6.45) is -3.61. The number of hydrogen-bond acceptors (Lipinski definition) is 5. The van der Waals surface area contributed by atoms with E-state index < -0.39 is 17.6 Å². The van der Waals surface area contributed by atoms with E-state index in [2.05, 4.69) is 20.6 Å². The minimum atomic E-state index is -4.62. The van der Waals surface area contributed by atoms with Crippen LogP contribution in [-0.4, -0.2) is 29.6 Å². The number of nitriles is 1. The van der Waals surface area contributed by atoms with Gasteiger partial charge in [0.15, 0.2) is 0 Å². The predicted molar refractivity (Wildman–Crippen MR) is 135 cm³/mol. The molecule has 0 bridgehead atoms. The van der Waals surface area contributed by atoms with Crippen molar-refractivity contribution in [3.05, 3.63) is 76.6 Å². The van der Waals surface area contributed by atoms with Crippen LogP contribution in [0.1, 0.15) is 17.5 Å². The Balaban J connectivity index is 1.68. The van der Waals surface area contributed by atoms with Crippen molar-refractivity contribution < 1.29 is 17.6 Å². The smallest absolute Gasteiger partial charge is 0.354 e. The maximum Gasteiger partial charge on any atom is 0.417 e. The van der Waals surface area contributed by atoms with E-state index in [9.17, 15) is 17.6 Å². The first kappa shape index (κ1) is 24.9. The van der Waals surface area contributed by atoms with Crippen LogP contribution in [0.3, 0.4) is 0 Å². The average Bonchev–Trinajstić information content (AvgIpc) is 3.40. The van der Waals surface area contributed by atoms with E-state index in [0.717, 1.165) is 25.6 Å². The highest BCUT2D eigenvalue weighted by molar-refractivity contribution is 6.33. The maximum absolute atomic E-state index is 14.5. The summed E-state index contributed by atoms with van der Waals surface area (Å²) in [6, 6.07) is 14.1. The van der Waals surface area contributed by atoms with E-state index >= 15 is 0 Å². The Labute approximate surface area is 215 Å². The number of aromatic nitrogens is 2. The fourth-order valence-electron chi connectivity index (χ4n) is 4.51. The van der Waals surface area contributed by atoms with Crippen molar-refractivity contribution in [1.29, 1.82) is 5.26 Å². The summed E-state index contributed by atoms with van der Waals surface area (Å²) < 4.78 is 55.9. The molecular weight excluding hydrogens is 506 g/mol. The molecule has 1 saturated heterocycles. The van der Waals surface area contributed by atoms with Crippen LogP contribution in [0.2, 0.25) is 5.02 Å². The van der Waals surface area contributed by atoms with Crippen LogP contribution in [0.4, 0.5) is 23.5 Å². The lowest BCUT2D eigenvalue weighted by molar-refractivity contribution is -0.137. The van der Waals surface area contributed by atoms with Crippen LogP contribution in [0, 0.1) is 23.1 Å². The predicted octanol–water partition coefficient (Wildman–Crippen LogP) is 6.67. The minimum Gasteiger partial charge on any atom is -0.354 e. The molecule has 188 valence electrons. The van der Waals surface area contributed by atoms with E-state index in [1.807, 2.05) is 0 Å². The zero-order valence-corrected chi connectivity index (χ0v) is 20.1. The molecule has 3 aromatic carbocycles. The van der Waals surface area contributed by atoms with Gasteiger partial charge in [0.2, 0.25) is 5.95 Å². The zero-order valence-electron chi connectivity index (χ0n) is 19.3. The Morgan fingerprint density at radius 3 is 2.59 bits per heavy atom. The Bertz CT molecular complexity index is 1520. The molecule has 2 N–H and O–H groups in total. The van der Waals surface area contributed by atoms with Gasteiger partial charge < -0.3 is 10.6 Å². The Morgan fingerprint density at radius 2 is 1.89 bits per heavy atom. The zero-order chi connectivity index (χ0) is 26.2. The van der Waals surface area contributed by atoms with E-state index in [1.165, 1.54) is 36.4 Å². The van der Waals surface area contributed by atoms with Crippen molar-refractivity contribution in [3.8, 4) is 28.5 Å². The number of halogens is 5. The number of alkyl halides is 3. The van der Waals surface area contributed by atoms with Crippen molar-refractivity contribution in [2.45, 2.75) is 12.6 Å². The third kappa shape index (κ3) is 5.08. The second-order valence-corrected chi connectivity index (χ2v) is 9.24. The lowest BCUT2D eigenvalue weighted by Gasteiger charge is -2.16. The topological polar surface area (TPSA) is 73.6 Å². The highest BCUT2D eigenvalue weighted by Crippen LogP contribution is 2.42. The van der Waals surface area contributed by atoms with Crippen molar-refractivity contribution in [2.75, 3.05) is 25.0 Å². The molecule has 1 aromatic heterocycles. The standard InChI is InChI=1S/C27H20ClF4N5/c28-21-3-1-2-20(27(30,31)32)24(21)16-6-7-23-19(10-16)25(17-4-5-18(12-33)22(29)11-17)37-26(36-23)35-14-15-8-9-34-13-15/h1-7,10-11,15,34H,8-9,13-14H2,(H,35,36,37)/t15-/m0/s1. The van der Waals surface area contributed by atoms with Crippen molar-refractivity contribution in [2.24, 2.45) is 5.92 Å². The number of anilines is 1. The first-order valence-corrected chi connectivity index (χ1v) is 11.9. The lowest BCUT2D eigenvalue weighted by atomic mass is 9.96. The van der Waals surface area contributed by atoms with Gasteiger partial charge in [0.05, 0.1) is 22.3 Å². The summed E-state index contributed by atoms with van der Waals surface area (Å²) in [6.45, 7) is 2.44.